The molecule has 2 aromatic rings. The van der Waals surface area contributed by atoms with Gasteiger partial charge in [0.05, 0.1) is 12.2 Å². The van der Waals surface area contributed by atoms with Gasteiger partial charge in [-0.2, -0.15) is 0 Å². The topological polar surface area (TPSA) is 32.3 Å². The van der Waals surface area contributed by atoms with Gasteiger partial charge in [0.1, 0.15) is 11.6 Å². The van der Waals surface area contributed by atoms with Crippen LogP contribution in [0.25, 0.3) is 0 Å². The summed E-state index contributed by atoms with van der Waals surface area (Å²) in [7, 11) is 0. The number of rotatable bonds is 5. The van der Waals surface area contributed by atoms with Crippen LogP contribution in [0.3, 0.4) is 0 Å². The third-order valence-corrected chi connectivity index (χ3v) is 4.35. The second kappa shape index (κ2) is 7.53. The van der Waals surface area contributed by atoms with Crippen LogP contribution in [0.15, 0.2) is 48.5 Å². The molecule has 1 fully saturated rings. The van der Waals surface area contributed by atoms with Gasteiger partial charge in [0.2, 0.25) is 5.91 Å². The third kappa shape index (κ3) is 4.17. The number of nitrogens with one attached hydrogen (secondary N) is 1. The maximum Gasteiger partial charge on any atom is 0.238 e. The second-order valence-corrected chi connectivity index (χ2v) is 6.13. The third-order valence-electron chi connectivity index (χ3n) is 4.35. The molecule has 24 heavy (non-hydrogen) atoms. The summed E-state index contributed by atoms with van der Waals surface area (Å²) in [5.74, 6) is -0.913. The van der Waals surface area contributed by atoms with Crippen molar-refractivity contribution < 1.29 is 13.6 Å². The van der Waals surface area contributed by atoms with Gasteiger partial charge in [-0.25, -0.2) is 8.78 Å². The van der Waals surface area contributed by atoms with Crippen LogP contribution < -0.4 is 5.32 Å². The zero-order chi connectivity index (χ0) is 16.9. The van der Waals surface area contributed by atoms with Crippen LogP contribution in [0.2, 0.25) is 0 Å². The van der Waals surface area contributed by atoms with E-state index >= 15 is 0 Å². The van der Waals surface area contributed by atoms with Gasteiger partial charge in [0.15, 0.2) is 0 Å². The number of likely N-dealkylation sites (tertiary alicyclic amines) is 1. The first-order valence-corrected chi connectivity index (χ1v) is 8.15. The summed E-state index contributed by atoms with van der Waals surface area (Å²) in [4.78, 5) is 14.3. The van der Waals surface area contributed by atoms with Gasteiger partial charge in [-0.1, -0.05) is 24.3 Å². The van der Waals surface area contributed by atoms with Gasteiger partial charge in [0, 0.05) is 6.04 Å². The molecule has 1 N–H and O–H groups in total. The molecule has 0 aliphatic carbocycles. The van der Waals surface area contributed by atoms with Crippen LogP contribution in [-0.2, 0) is 11.2 Å². The molecule has 5 heteroatoms. The number of carbonyl (C=O) groups excluding carboxylic acids is 1. The number of anilines is 1. The smallest absolute Gasteiger partial charge is 0.238 e. The molecule has 0 saturated carbocycles. The van der Waals surface area contributed by atoms with Crippen LogP contribution in [0.4, 0.5) is 14.5 Å². The second-order valence-electron chi connectivity index (χ2n) is 6.13. The van der Waals surface area contributed by atoms with Gasteiger partial charge in [0.25, 0.3) is 0 Å². The van der Waals surface area contributed by atoms with Crippen molar-refractivity contribution in [2.45, 2.75) is 25.3 Å². The number of hydrogen-bond donors (Lipinski definition) is 1. The van der Waals surface area contributed by atoms with Crippen molar-refractivity contribution in [3.8, 4) is 0 Å². The molecular weight excluding hydrogens is 310 g/mol. The molecule has 1 aliphatic heterocycles. The maximum atomic E-state index is 13.6. The first-order valence-electron chi connectivity index (χ1n) is 8.15. The molecule has 1 heterocycles. The molecular formula is C19H20F2N2O. The van der Waals surface area contributed by atoms with E-state index in [1.165, 1.54) is 18.2 Å². The molecule has 0 aromatic heterocycles. The summed E-state index contributed by atoms with van der Waals surface area (Å²) < 4.78 is 26.9. The first-order chi connectivity index (χ1) is 11.6. The van der Waals surface area contributed by atoms with Crippen LogP contribution in [0.1, 0.15) is 18.4 Å². The molecule has 0 spiro atoms. The van der Waals surface area contributed by atoms with E-state index in [2.05, 4.69) is 10.2 Å². The lowest BCUT2D eigenvalue weighted by Crippen LogP contribution is -2.38. The van der Waals surface area contributed by atoms with E-state index in [0.29, 0.717) is 6.42 Å². The zero-order valence-electron chi connectivity index (χ0n) is 13.3. The Morgan fingerprint density at radius 1 is 1.17 bits per heavy atom. The summed E-state index contributed by atoms with van der Waals surface area (Å²) in [6.45, 7) is 1.04. The molecule has 3 rings (SSSR count). The largest absolute Gasteiger partial charge is 0.322 e. The maximum absolute atomic E-state index is 13.6. The summed E-state index contributed by atoms with van der Waals surface area (Å²) in [5.41, 5.74) is 1.13. The minimum absolute atomic E-state index is 0.198. The van der Waals surface area contributed by atoms with E-state index in [4.69, 9.17) is 0 Å². The van der Waals surface area contributed by atoms with Crippen molar-refractivity contribution in [3.63, 3.8) is 0 Å². The van der Waals surface area contributed by atoms with E-state index in [1.54, 1.807) is 24.3 Å². The highest BCUT2D eigenvalue weighted by atomic mass is 19.1. The molecule has 126 valence electrons. The molecule has 3 nitrogen and oxygen atoms in total. The number of carbonyl (C=O) groups is 1. The molecule has 1 amide bonds. The summed E-state index contributed by atoms with van der Waals surface area (Å²) >= 11 is 0. The number of para-hydroxylation sites is 1. The highest BCUT2D eigenvalue weighted by Gasteiger charge is 2.26. The Labute approximate surface area is 140 Å². The summed E-state index contributed by atoms with van der Waals surface area (Å²) in [6.07, 6.45) is 2.70. The fourth-order valence-corrected chi connectivity index (χ4v) is 3.21. The summed E-state index contributed by atoms with van der Waals surface area (Å²) in [6, 6.07) is 12.9. The van der Waals surface area contributed by atoms with Gasteiger partial charge in [-0.05, 0) is 55.6 Å². The lowest BCUT2D eigenvalue weighted by molar-refractivity contribution is -0.117. The minimum Gasteiger partial charge on any atom is -0.322 e. The monoisotopic (exact) mass is 330 g/mol. The van der Waals surface area contributed by atoms with Crippen molar-refractivity contribution in [2.75, 3.05) is 18.4 Å². The number of benzene rings is 2. The molecule has 2 aromatic carbocycles. The Hall–Kier alpha value is -2.27. The lowest BCUT2D eigenvalue weighted by Gasteiger charge is -2.24. The van der Waals surface area contributed by atoms with Crippen molar-refractivity contribution in [3.05, 3.63) is 65.7 Å². The first kappa shape index (κ1) is 16.6. The Kier molecular flexibility index (Phi) is 5.20. The average Bonchev–Trinajstić information content (AvgIpc) is 2.96. The molecule has 1 atom stereocenters. The average molecular weight is 330 g/mol. The SMILES string of the molecule is O=C(CN1CCC[C@H]1Cc1cccc(F)c1)Nc1ccccc1F. The molecule has 0 bridgehead atoms. The fraction of sp³-hybridized carbons (Fsp3) is 0.316. The van der Waals surface area contributed by atoms with Gasteiger partial charge in [-0.3, -0.25) is 9.69 Å². The van der Waals surface area contributed by atoms with Crippen LogP contribution in [0.5, 0.6) is 0 Å². The molecule has 0 radical (unpaired) electrons. The van der Waals surface area contributed by atoms with E-state index < -0.39 is 5.82 Å². The quantitative estimate of drug-likeness (QED) is 0.908. The Morgan fingerprint density at radius 3 is 2.79 bits per heavy atom. The predicted octanol–water partition coefficient (Wildman–Crippen LogP) is 3.61. The number of amides is 1. The molecule has 1 saturated heterocycles. The summed E-state index contributed by atoms with van der Waals surface area (Å²) in [5, 5.41) is 2.62. The zero-order valence-corrected chi connectivity index (χ0v) is 13.3. The van der Waals surface area contributed by atoms with Crippen molar-refractivity contribution >= 4 is 11.6 Å². The molecule has 1 aliphatic rings. The number of hydrogen-bond acceptors (Lipinski definition) is 2. The molecule has 0 unspecified atom stereocenters. The van der Waals surface area contributed by atoms with E-state index in [-0.39, 0.29) is 30.0 Å². The Morgan fingerprint density at radius 2 is 2.00 bits per heavy atom. The van der Waals surface area contributed by atoms with Gasteiger partial charge in [-0.15, -0.1) is 0 Å². The Balaban J connectivity index is 1.59. The highest BCUT2D eigenvalue weighted by molar-refractivity contribution is 5.92. The van der Waals surface area contributed by atoms with Gasteiger partial charge < -0.3 is 5.32 Å². The highest BCUT2D eigenvalue weighted by Crippen LogP contribution is 2.21. The Bertz CT molecular complexity index is 720. The van der Waals surface area contributed by atoms with Crippen LogP contribution in [0, 0.1) is 11.6 Å². The number of halogens is 2. The number of nitrogens with zero attached hydrogens (tertiary/aromatic N) is 1. The normalized spacial score (nSPS) is 17.8. The van der Waals surface area contributed by atoms with Crippen LogP contribution in [-0.4, -0.2) is 29.9 Å². The van der Waals surface area contributed by atoms with E-state index in [1.807, 2.05) is 6.07 Å². The van der Waals surface area contributed by atoms with E-state index in [0.717, 1.165) is 24.9 Å². The van der Waals surface area contributed by atoms with Crippen LogP contribution >= 0.6 is 0 Å². The lowest BCUT2D eigenvalue weighted by atomic mass is 10.0. The van der Waals surface area contributed by atoms with Crippen molar-refractivity contribution in [2.24, 2.45) is 0 Å². The van der Waals surface area contributed by atoms with Crippen molar-refractivity contribution in [1.82, 2.24) is 4.90 Å². The van der Waals surface area contributed by atoms with E-state index in [9.17, 15) is 13.6 Å². The minimum atomic E-state index is -0.441. The van der Waals surface area contributed by atoms with Crippen molar-refractivity contribution in [1.29, 1.82) is 0 Å². The van der Waals surface area contributed by atoms with Gasteiger partial charge >= 0.3 is 0 Å². The standard InChI is InChI=1S/C19H20F2N2O/c20-15-6-3-5-14(11-15)12-16-7-4-10-23(16)13-19(24)22-18-9-2-1-8-17(18)21/h1-3,5-6,8-9,11,16H,4,7,10,12-13H2,(H,22,24)/t16-/m0/s1. The predicted molar refractivity (Wildman–Crippen MR) is 89.7 cm³/mol. The fourth-order valence-electron chi connectivity index (χ4n) is 3.21.